The van der Waals surface area contributed by atoms with Crippen molar-refractivity contribution in [3.63, 3.8) is 0 Å². The first-order valence-corrected chi connectivity index (χ1v) is 4.22. The van der Waals surface area contributed by atoms with Gasteiger partial charge in [0.05, 0.1) is 0 Å². The Balaban J connectivity index is 2.44. The molecule has 0 amide bonds. The Hall–Kier alpha value is -0.0200. The molecule has 1 aliphatic rings. The van der Waals surface area contributed by atoms with E-state index in [1.807, 2.05) is 6.26 Å². The molecule has 0 atom stereocenters. The molecular formula is C6H11NOS. The molecular weight excluding hydrogens is 134 g/mol. The topological polar surface area (TPSA) is 43.1 Å². The number of thioether (sulfide) groups is 1. The third-order valence-electron chi connectivity index (χ3n) is 1.84. The fourth-order valence-electron chi connectivity index (χ4n) is 1.04. The van der Waals surface area contributed by atoms with Crippen LogP contribution in [-0.4, -0.2) is 23.3 Å². The zero-order chi connectivity index (χ0) is 6.91. The van der Waals surface area contributed by atoms with Crippen LogP contribution >= 0.6 is 11.8 Å². The van der Waals surface area contributed by atoms with Crippen LogP contribution in [0, 0.1) is 0 Å². The van der Waals surface area contributed by atoms with Gasteiger partial charge in [0.1, 0.15) is 5.78 Å². The molecule has 1 fully saturated rings. The standard InChI is InChI=1S/C6H11NOS/c1-9-6(4-7)2-5(8)3-6/h2-4,7H2,1H3. The van der Waals surface area contributed by atoms with E-state index in [0.717, 1.165) is 0 Å². The Kier molecular flexibility index (Phi) is 1.82. The maximum Gasteiger partial charge on any atom is 0.135 e. The fraction of sp³-hybridized carbons (Fsp3) is 0.833. The highest BCUT2D eigenvalue weighted by molar-refractivity contribution is 8.00. The third-order valence-corrected chi connectivity index (χ3v) is 3.17. The highest BCUT2D eigenvalue weighted by Crippen LogP contribution is 2.38. The second-order valence-electron chi connectivity index (χ2n) is 2.48. The van der Waals surface area contributed by atoms with Crippen LogP contribution in [0.15, 0.2) is 0 Å². The minimum atomic E-state index is 0.122. The van der Waals surface area contributed by atoms with Gasteiger partial charge >= 0.3 is 0 Å². The van der Waals surface area contributed by atoms with Crippen molar-refractivity contribution in [1.29, 1.82) is 0 Å². The van der Waals surface area contributed by atoms with Gasteiger partial charge in [0, 0.05) is 24.1 Å². The summed E-state index contributed by atoms with van der Waals surface area (Å²) in [6.07, 6.45) is 3.38. The zero-order valence-corrected chi connectivity index (χ0v) is 6.33. The SMILES string of the molecule is CSC1(CN)CC(=O)C1. The van der Waals surface area contributed by atoms with Crippen LogP contribution in [0.5, 0.6) is 0 Å². The first-order valence-electron chi connectivity index (χ1n) is 2.99. The molecule has 1 aliphatic carbocycles. The molecule has 0 saturated heterocycles. The van der Waals surface area contributed by atoms with Gasteiger partial charge < -0.3 is 5.73 Å². The first-order chi connectivity index (χ1) is 4.22. The lowest BCUT2D eigenvalue weighted by Crippen LogP contribution is -2.47. The van der Waals surface area contributed by atoms with Crippen molar-refractivity contribution in [2.45, 2.75) is 17.6 Å². The van der Waals surface area contributed by atoms with Gasteiger partial charge in [0.25, 0.3) is 0 Å². The molecule has 0 unspecified atom stereocenters. The van der Waals surface area contributed by atoms with Crippen LogP contribution < -0.4 is 5.73 Å². The number of carbonyl (C=O) groups is 1. The van der Waals surface area contributed by atoms with Crippen molar-refractivity contribution < 1.29 is 4.79 Å². The number of carbonyl (C=O) groups excluding carboxylic acids is 1. The van der Waals surface area contributed by atoms with Crippen LogP contribution in [0.4, 0.5) is 0 Å². The smallest absolute Gasteiger partial charge is 0.135 e. The highest BCUT2D eigenvalue weighted by atomic mass is 32.2. The van der Waals surface area contributed by atoms with Crippen molar-refractivity contribution >= 4 is 17.5 Å². The number of Topliss-reactive ketones (excluding diaryl/α,β-unsaturated/α-hetero) is 1. The van der Waals surface area contributed by atoms with Gasteiger partial charge in [-0.25, -0.2) is 0 Å². The largest absolute Gasteiger partial charge is 0.329 e. The molecule has 0 aromatic rings. The summed E-state index contributed by atoms with van der Waals surface area (Å²) in [5.74, 6) is 0.356. The molecule has 2 nitrogen and oxygen atoms in total. The molecule has 2 N–H and O–H groups in total. The Morgan fingerprint density at radius 1 is 1.78 bits per heavy atom. The number of ketones is 1. The van der Waals surface area contributed by atoms with Crippen LogP contribution in [0.25, 0.3) is 0 Å². The van der Waals surface area contributed by atoms with E-state index in [4.69, 9.17) is 5.73 Å². The lowest BCUT2D eigenvalue weighted by atomic mass is 9.83. The molecule has 0 aromatic heterocycles. The molecule has 1 saturated carbocycles. The average Bonchev–Trinajstić information content (AvgIpc) is 1.81. The van der Waals surface area contributed by atoms with Crippen LogP contribution in [-0.2, 0) is 4.79 Å². The first kappa shape index (κ1) is 7.09. The predicted molar refractivity (Wildman–Crippen MR) is 39.5 cm³/mol. The maximum absolute atomic E-state index is 10.6. The van der Waals surface area contributed by atoms with E-state index in [1.165, 1.54) is 0 Å². The van der Waals surface area contributed by atoms with Gasteiger partial charge in [-0.3, -0.25) is 4.79 Å². The molecule has 0 bridgehead atoms. The minimum absolute atomic E-state index is 0.122. The van der Waals surface area contributed by atoms with Crippen molar-refractivity contribution in [3.05, 3.63) is 0 Å². The summed E-state index contributed by atoms with van der Waals surface area (Å²) in [7, 11) is 0. The molecule has 1 rings (SSSR count). The van der Waals surface area contributed by atoms with Gasteiger partial charge in [-0.1, -0.05) is 0 Å². The number of rotatable bonds is 2. The Bertz CT molecular complexity index is 121. The number of hydrogen-bond donors (Lipinski definition) is 1. The zero-order valence-electron chi connectivity index (χ0n) is 5.52. The van der Waals surface area contributed by atoms with E-state index < -0.39 is 0 Å². The van der Waals surface area contributed by atoms with E-state index in [2.05, 4.69) is 0 Å². The van der Waals surface area contributed by atoms with E-state index in [0.29, 0.717) is 25.2 Å². The normalized spacial score (nSPS) is 23.6. The van der Waals surface area contributed by atoms with Crippen LogP contribution in [0.1, 0.15) is 12.8 Å². The van der Waals surface area contributed by atoms with Crippen molar-refractivity contribution in [1.82, 2.24) is 0 Å². The average molecular weight is 145 g/mol. The lowest BCUT2D eigenvalue weighted by Gasteiger charge is -2.37. The molecule has 0 radical (unpaired) electrons. The Morgan fingerprint density at radius 3 is 2.44 bits per heavy atom. The van der Waals surface area contributed by atoms with Crippen molar-refractivity contribution in [2.24, 2.45) is 5.73 Å². The lowest BCUT2D eigenvalue weighted by molar-refractivity contribution is -0.125. The van der Waals surface area contributed by atoms with Gasteiger partial charge in [0.15, 0.2) is 0 Å². The second-order valence-corrected chi connectivity index (χ2v) is 3.76. The summed E-state index contributed by atoms with van der Waals surface area (Å²) in [6, 6.07) is 0. The molecule has 0 aliphatic heterocycles. The molecule has 3 heteroatoms. The molecule has 9 heavy (non-hydrogen) atoms. The quantitative estimate of drug-likeness (QED) is 0.612. The van der Waals surface area contributed by atoms with E-state index in [1.54, 1.807) is 11.8 Å². The Labute approximate surface area is 59.2 Å². The van der Waals surface area contributed by atoms with Crippen molar-refractivity contribution in [2.75, 3.05) is 12.8 Å². The molecule has 0 spiro atoms. The summed E-state index contributed by atoms with van der Waals surface area (Å²) in [4.78, 5) is 10.6. The Morgan fingerprint density at radius 2 is 2.33 bits per heavy atom. The molecule has 0 aromatic carbocycles. The van der Waals surface area contributed by atoms with Gasteiger partial charge in [-0.2, -0.15) is 11.8 Å². The van der Waals surface area contributed by atoms with Gasteiger partial charge in [-0.15, -0.1) is 0 Å². The van der Waals surface area contributed by atoms with Crippen LogP contribution in [0.3, 0.4) is 0 Å². The third kappa shape index (κ3) is 1.12. The molecule has 0 heterocycles. The van der Waals surface area contributed by atoms with E-state index >= 15 is 0 Å². The fourth-order valence-corrected chi connectivity index (χ4v) is 1.82. The second kappa shape index (κ2) is 2.31. The summed E-state index contributed by atoms with van der Waals surface area (Å²) >= 11 is 1.72. The van der Waals surface area contributed by atoms with Crippen LogP contribution in [0.2, 0.25) is 0 Å². The van der Waals surface area contributed by atoms with Gasteiger partial charge in [0.2, 0.25) is 0 Å². The maximum atomic E-state index is 10.6. The summed E-state index contributed by atoms with van der Waals surface area (Å²) in [5.41, 5.74) is 5.47. The monoisotopic (exact) mass is 145 g/mol. The number of nitrogens with two attached hydrogens (primary N) is 1. The molecule has 52 valence electrons. The van der Waals surface area contributed by atoms with E-state index in [-0.39, 0.29) is 4.75 Å². The summed E-state index contributed by atoms with van der Waals surface area (Å²) < 4.78 is 0.122. The number of hydrogen-bond acceptors (Lipinski definition) is 3. The van der Waals surface area contributed by atoms with Gasteiger partial charge in [-0.05, 0) is 6.26 Å². The minimum Gasteiger partial charge on any atom is -0.329 e. The van der Waals surface area contributed by atoms with E-state index in [9.17, 15) is 4.79 Å². The van der Waals surface area contributed by atoms with Crippen molar-refractivity contribution in [3.8, 4) is 0 Å². The summed E-state index contributed by atoms with van der Waals surface area (Å²) in [6.45, 7) is 0.639. The predicted octanol–water partition coefficient (Wildman–Crippen LogP) is 0.410. The highest BCUT2D eigenvalue weighted by Gasteiger charge is 2.41. The summed E-state index contributed by atoms with van der Waals surface area (Å²) in [5, 5.41) is 0.